The monoisotopic (exact) mass is 343 g/mol. The van der Waals surface area contributed by atoms with Gasteiger partial charge in [-0.3, -0.25) is 4.79 Å². The van der Waals surface area contributed by atoms with Crippen molar-refractivity contribution >= 4 is 21.8 Å². The predicted octanol–water partition coefficient (Wildman–Crippen LogP) is 4.43. The predicted molar refractivity (Wildman–Crippen MR) is 88.5 cm³/mol. The third-order valence-electron chi connectivity index (χ3n) is 4.09. The summed E-state index contributed by atoms with van der Waals surface area (Å²) in [6.45, 7) is 2.03. The van der Waals surface area contributed by atoms with Crippen LogP contribution in [0.25, 0.3) is 0 Å². The van der Waals surface area contributed by atoms with Gasteiger partial charge in [-0.15, -0.1) is 0 Å². The molecule has 1 amide bonds. The summed E-state index contributed by atoms with van der Waals surface area (Å²) in [5, 5.41) is 3.08. The highest BCUT2D eigenvalue weighted by Gasteiger charge is 2.16. The fourth-order valence-electron chi connectivity index (χ4n) is 2.86. The third kappa shape index (κ3) is 3.03. The van der Waals surface area contributed by atoms with Crippen LogP contribution in [0.15, 0.2) is 46.9 Å². The second kappa shape index (κ2) is 6.02. The van der Waals surface area contributed by atoms with Crippen molar-refractivity contribution in [2.24, 2.45) is 0 Å². The Morgan fingerprint density at radius 2 is 1.90 bits per heavy atom. The van der Waals surface area contributed by atoms with Crippen molar-refractivity contribution in [2.45, 2.75) is 32.2 Å². The Balaban J connectivity index is 1.76. The van der Waals surface area contributed by atoms with Gasteiger partial charge in [0.05, 0.1) is 11.6 Å². The second-order valence-corrected chi connectivity index (χ2v) is 6.41. The van der Waals surface area contributed by atoms with E-state index in [0.29, 0.717) is 5.56 Å². The smallest absolute Gasteiger partial charge is 0.252 e. The minimum absolute atomic E-state index is 0.00973. The molecule has 3 rings (SSSR count). The first-order valence-electron chi connectivity index (χ1n) is 7.32. The normalized spacial score (nSPS) is 14.6. The molecule has 0 aromatic heterocycles. The molecule has 21 heavy (non-hydrogen) atoms. The maximum atomic E-state index is 12.3. The van der Waals surface area contributed by atoms with Gasteiger partial charge in [-0.1, -0.05) is 30.3 Å². The lowest BCUT2D eigenvalue weighted by molar-refractivity contribution is 0.0939. The number of nitrogens with one attached hydrogen (secondary N) is 1. The van der Waals surface area contributed by atoms with Crippen molar-refractivity contribution in [1.29, 1.82) is 0 Å². The van der Waals surface area contributed by atoms with Crippen molar-refractivity contribution in [3.05, 3.63) is 69.2 Å². The van der Waals surface area contributed by atoms with Crippen LogP contribution in [0.3, 0.4) is 0 Å². The molecule has 1 aliphatic rings. The zero-order chi connectivity index (χ0) is 14.8. The molecule has 0 radical (unpaired) electrons. The average Bonchev–Trinajstić information content (AvgIpc) is 2.94. The lowest BCUT2D eigenvalue weighted by Crippen LogP contribution is -2.27. The maximum Gasteiger partial charge on any atom is 0.252 e. The van der Waals surface area contributed by atoms with Crippen LogP contribution >= 0.6 is 15.9 Å². The van der Waals surface area contributed by atoms with Crippen LogP contribution in [-0.2, 0) is 12.8 Å². The molecule has 0 heterocycles. The topological polar surface area (TPSA) is 29.1 Å². The van der Waals surface area contributed by atoms with Crippen molar-refractivity contribution in [3.8, 4) is 0 Å². The van der Waals surface area contributed by atoms with E-state index in [4.69, 9.17) is 0 Å². The van der Waals surface area contributed by atoms with Crippen LogP contribution in [0.4, 0.5) is 0 Å². The number of rotatable bonds is 3. The molecule has 0 spiro atoms. The van der Waals surface area contributed by atoms with E-state index in [1.165, 1.54) is 29.5 Å². The number of fused-ring (bicyclic) bond motifs is 1. The van der Waals surface area contributed by atoms with Gasteiger partial charge in [0.2, 0.25) is 0 Å². The first-order chi connectivity index (χ1) is 10.1. The molecule has 0 fully saturated rings. The third-order valence-corrected chi connectivity index (χ3v) is 4.78. The van der Waals surface area contributed by atoms with Gasteiger partial charge in [0.25, 0.3) is 5.91 Å². The molecule has 2 aromatic carbocycles. The lowest BCUT2D eigenvalue weighted by atomic mass is 10.0. The molecular formula is C18H18BrNO. The molecule has 0 aliphatic heterocycles. The number of hydrogen-bond donors (Lipinski definition) is 1. The number of halogens is 1. The standard InChI is InChI=1S/C18H18BrNO/c1-12(14-10-9-13-5-4-6-15(13)11-14)20-18(21)16-7-2-3-8-17(16)19/h2-3,7-12H,4-6H2,1H3,(H,20,21)/t12-/m0/s1. The summed E-state index contributed by atoms with van der Waals surface area (Å²) < 4.78 is 0.823. The molecule has 2 aromatic rings. The van der Waals surface area contributed by atoms with E-state index in [9.17, 15) is 4.79 Å². The van der Waals surface area contributed by atoms with Crippen LogP contribution in [0, 0.1) is 0 Å². The molecule has 1 aliphatic carbocycles. The van der Waals surface area contributed by atoms with E-state index in [2.05, 4.69) is 39.4 Å². The van der Waals surface area contributed by atoms with E-state index >= 15 is 0 Å². The molecule has 0 unspecified atom stereocenters. The molecular weight excluding hydrogens is 326 g/mol. The Morgan fingerprint density at radius 1 is 1.14 bits per heavy atom. The molecule has 0 saturated heterocycles. The first-order valence-corrected chi connectivity index (χ1v) is 8.11. The summed E-state index contributed by atoms with van der Waals surface area (Å²) in [4.78, 5) is 12.3. The van der Waals surface area contributed by atoms with E-state index in [0.717, 1.165) is 10.9 Å². The molecule has 1 atom stereocenters. The summed E-state index contributed by atoms with van der Waals surface area (Å²) >= 11 is 3.42. The van der Waals surface area contributed by atoms with Gasteiger partial charge in [-0.25, -0.2) is 0 Å². The molecule has 3 heteroatoms. The van der Waals surface area contributed by atoms with Crippen LogP contribution in [0.2, 0.25) is 0 Å². The van der Waals surface area contributed by atoms with E-state index in [-0.39, 0.29) is 11.9 Å². The fraction of sp³-hybridized carbons (Fsp3) is 0.278. The lowest BCUT2D eigenvalue weighted by Gasteiger charge is -2.16. The summed E-state index contributed by atoms with van der Waals surface area (Å²) in [6, 6.07) is 14.1. The Kier molecular flexibility index (Phi) is 4.11. The maximum absolute atomic E-state index is 12.3. The Hall–Kier alpha value is -1.61. The number of carbonyl (C=O) groups is 1. The van der Waals surface area contributed by atoms with Crippen molar-refractivity contribution in [1.82, 2.24) is 5.32 Å². The second-order valence-electron chi connectivity index (χ2n) is 5.56. The van der Waals surface area contributed by atoms with Gasteiger partial charge in [-0.2, -0.15) is 0 Å². The Morgan fingerprint density at radius 3 is 2.71 bits per heavy atom. The average molecular weight is 344 g/mol. The van der Waals surface area contributed by atoms with Gasteiger partial charge in [0, 0.05) is 4.47 Å². The van der Waals surface area contributed by atoms with Crippen LogP contribution < -0.4 is 5.32 Å². The van der Waals surface area contributed by atoms with Crippen LogP contribution in [0.1, 0.15) is 46.4 Å². The fourth-order valence-corrected chi connectivity index (χ4v) is 3.33. The number of hydrogen-bond acceptors (Lipinski definition) is 1. The molecule has 0 bridgehead atoms. The highest BCUT2D eigenvalue weighted by atomic mass is 79.9. The minimum Gasteiger partial charge on any atom is -0.345 e. The largest absolute Gasteiger partial charge is 0.345 e. The van der Waals surface area contributed by atoms with Gasteiger partial charge in [0.1, 0.15) is 0 Å². The summed E-state index contributed by atoms with van der Waals surface area (Å²) in [5.41, 5.74) is 4.75. The summed E-state index contributed by atoms with van der Waals surface area (Å²) in [6.07, 6.45) is 3.60. The summed E-state index contributed by atoms with van der Waals surface area (Å²) in [5.74, 6) is -0.0459. The van der Waals surface area contributed by atoms with E-state index < -0.39 is 0 Å². The Bertz CT molecular complexity index is 681. The zero-order valence-corrected chi connectivity index (χ0v) is 13.6. The molecule has 108 valence electrons. The van der Waals surface area contributed by atoms with Crippen molar-refractivity contribution in [3.63, 3.8) is 0 Å². The molecule has 0 saturated carbocycles. The van der Waals surface area contributed by atoms with Gasteiger partial charge in [-0.05, 0) is 70.9 Å². The van der Waals surface area contributed by atoms with Gasteiger partial charge < -0.3 is 5.32 Å². The number of aryl methyl sites for hydroxylation is 2. The van der Waals surface area contributed by atoms with E-state index in [1.807, 2.05) is 31.2 Å². The first kappa shape index (κ1) is 14.3. The quantitative estimate of drug-likeness (QED) is 0.877. The number of carbonyl (C=O) groups excluding carboxylic acids is 1. The van der Waals surface area contributed by atoms with Gasteiger partial charge in [0.15, 0.2) is 0 Å². The minimum atomic E-state index is -0.0459. The number of benzene rings is 2. The molecule has 2 nitrogen and oxygen atoms in total. The number of amides is 1. The highest BCUT2D eigenvalue weighted by molar-refractivity contribution is 9.10. The highest BCUT2D eigenvalue weighted by Crippen LogP contribution is 2.25. The summed E-state index contributed by atoms with van der Waals surface area (Å²) in [7, 11) is 0. The zero-order valence-electron chi connectivity index (χ0n) is 12.0. The van der Waals surface area contributed by atoms with Crippen molar-refractivity contribution in [2.75, 3.05) is 0 Å². The van der Waals surface area contributed by atoms with E-state index in [1.54, 1.807) is 0 Å². The van der Waals surface area contributed by atoms with Gasteiger partial charge >= 0.3 is 0 Å². The SMILES string of the molecule is C[C@H](NC(=O)c1ccccc1Br)c1ccc2c(c1)CCC2. The van der Waals surface area contributed by atoms with Crippen LogP contribution in [-0.4, -0.2) is 5.91 Å². The van der Waals surface area contributed by atoms with Crippen LogP contribution in [0.5, 0.6) is 0 Å². The Labute approximate surface area is 133 Å². The van der Waals surface area contributed by atoms with Crippen molar-refractivity contribution < 1.29 is 4.79 Å². The molecule has 1 N–H and O–H groups in total.